The number of aliphatic imine (C=N–C) groups is 1. The van der Waals surface area contributed by atoms with E-state index >= 15 is 0 Å². The Kier molecular flexibility index (Phi) is 11.4. The lowest BCUT2D eigenvalue weighted by Crippen LogP contribution is -2.40. The highest BCUT2D eigenvalue weighted by molar-refractivity contribution is 5.91. The van der Waals surface area contributed by atoms with Gasteiger partial charge < -0.3 is 30.9 Å². The van der Waals surface area contributed by atoms with Crippen LogP contribution < -0.4 is 16.4 Å². The molecule has 0 spiro atoms. The molecule has 1 saturated carbocycles. The topological polar surface area (TPSA) is 151 Å². The van der Waals surface area contributed by atoms with Gasteiger partial charge in [0, 0.05) is 43.4 Å². The van der Waals surface area contributed by atoms with Crippen LogP contribution in [0.2, 0.25) is 0 Å². The van der Waals surface area contributed by atoms with E-state index in [0.29, 0.717) is 49.7 Å². The average Bonchev–Trinajstić information content (AvgIpc) is 3.12. The summed E-state index contributed by atoms with van der Waals surface area (Å²) in [5, 5.41) is 16.9. The van der Waals surface area contributed by atoms with Gasteiger partial charge in [0.25, 0.3) is 0 Å². The number of carbonyl (C=O) groups is 2. The Labute approximate surface area is 259 Å². The molecule has 2 heterocycles. The average molecular weight is 607 g/mol. The molecular weight excluding hydrogens is 560 g/mol. The van der Waals surface area contributed by atoms with Crippen LogP contribution in [0.5, 0.6) is 0 Å². The van der Waals surface area contributed by atoms with E-state index in [2.05, 4.69) is 27.5 Å². The Morgan fingerprint density at radius 1 is 1.11 bits per heavy atom. The predicted molar refractivity (Wildman–Crippen MR) is 171 cm³/mol. The van der Waals surface area contributed by atoms with Crippen molar-refractivity contribution >= 4 is 29.8 Å². The largest absolute Gasteiger partial charge is 0.446 e. The highest BCUT2D eigenvalue weighted by Crippen LogP contribution is 2.32. The highest BCUT2D eigenvalue weighted by atomic mass is 16.6. The summed E-state index contributed by atoms with van der Waals surface area (Å²) in [4.78, 5) is 35.0. The number of amidine groups is 1. The van der Waals surface area contributed by atoms with Crippen LogP contribution >= 0.6 is 0 Å². The summed E-state index contributed by atoms with van der Waals surface area (Å²) in [5.74, 6) is 0.421. The van der Waals surface area contributed by atoms with Crippen LogP contribution in [0.15, 0.2) is 47.1 Å². The number of aromatic nitrogens is 1. The van der Waals surface area contributed by atoms with Crippen molar-refractivity contribution in [3.63, 3.8) is 0 Å². The van der Waals surface area contributed by atoms with Crippen molar-refractivity contribution in [2.75, 3.05) is 19.6 Å². The number of nitrogens with one attached hydrogen (secondary N) is 2. The standard InChI is InChI=1S/C33H46N6O5/c1-5-15-39(16-7-14-35-31(41)43-27-8-6-9-27)30(40)25-17-23-11-10-22(18-28(23)38-29(34)19-25)24-12-13-26(36-20-24)21-37-32(42)44-33(2,3)4/h10-13,17-18,20,27,30,40H,5-9,14-16,19,21H2,1-4H3,(H2,34,38)(H,35,41)(H,37,42). The van der Waals surface area contributed by atoms with Gasteiger partial charge in [0.2, 0.25) is 0 Å². The number of fused-ring (bicyclic) bond motifs is 1. The third-order valence-corrected chi connectivity index (χ3v) is 7.40. The van der Waals surface area contributed by atoms with E-state index in [1.165, 1.54) is 0 Å². The fourth-order valence-electron chi connectivity index (χ4n) is 4.97. The van der Waals surface area contributed by atoms with Crippen LogP contribution in [0.1, 0.15) is 77.5 Å². The molecule has 0 saturated heterocycles. The molecule has 5 N–H and O–H groups in total. The van der Waals surface area contributed by atoms with Crippen molar-refractivity contribution in [1.82, 2.24) is 20.5 Å². The second-order valence-electron chi connectivity index (χ2n) is 12.3. The third kappa shape index (κ3) is 9.78. The maximum atomic E-state index is 12.0. The van der Waals surface area contributed by atoms with Gasteiger partial charge in [-0.2, -0.15) is 0 Å². The number of nitrogens with zero attached hydrogens (tertiary/aromatic N) is 3. The molecule has 11 heteroatoms. The predicted octanol–water partition coefficient (Wildman–Crippen LogP) is 5.25. The fraction of sp³-hybridized carbons (Fsp3) is 0.515. The lowest BCUT2D eigenvalue weighted by molar-refractivity contribution is 0.0307. The van der Waals surface area contributed by atoms with Crippen molar-refractivity contribution in [2.24, 2.45) is 10.7 Å². The maximum absolute atomic E-state index is 12.0. The number of hydrogen-bond donors (Lipinski definition) is 4. The second-order valence-corrected chi connectivity index (χ2v) is 12.3. The zero-order valence-corrected chi connectivity index (χ0v) is 26.3. The van der Waals surface area contributed by atoms with Gasteiger partial charge in [-0.05, 0) is 82.2 Å². The maximum Gasteiger partial charge on any atom is 0.407 e. The molecule has 1 fully saturated rings. The molecule has 0 bridgehead atoms. The summed E-state index contributed by atoms with van der Waals surface area (Å²) in [6, 6.07) is 9.73. The van der Waals surface area contributed by atoms with Crippen LogP contribution in [0.25, 0.3) is 17.2 Å². The lowest BCUT2D eigenvalue weighted by Gasteiger charge is -2.29. The SMILES string of the molecule is CCCN(CCCNC(=O)OC1CCC1)C(O)C1=Cc2ccc(-c3ccc(CNC(=O)OC(C)(C)C)nc3)cc2N=C(N)C1. The molecule has 1 aliphatic heterocycles. The number of hydrogen-bond acceptors (Lipinski definition) is 9. The van der Waals surface area contributed by atoms with Crippen molar-refractivity contribution in [3.05, 3.63) is 53.4 Å². The van der Waals surface area contributed by atoms with E-state index in [4.69, 9.17) is 15.2 Å². The van der Waals surface area contributed by atoms with Gasteiger partial charge in [0.1, 0.15) is 23.8 Å². The molecule has 11 nitrogen and oxygen atoms in total. The molecule has 1 aromatic carbocycles. The molecular formula is C33H46N6O5. The molecule has 4 rings (SSSR count). The summed E-state index contributed by atoms with van der Waals surface area (Å²) in [6.45, 7) is 9.56. The second kappa shape index (κ2) is 15.2. The number of ether oxygens (including phenoxy) is 2. The lowest BCUT2D eigenvalue weighted by atomic mass is 9.96. The van der Waals surface area contributed by atoms with Crippen molar-refractivity contribution in [2.45, 2.75) is 90.7 Å². The summed E-state index contributed by atoms with van der Waals surface area (Å²) >= 11 is 0. The first-order valence-electron chi connectivity index (χ1n) is 15.5. The molecule has 0 radical (unpaired) electrons. The Balaban J connectivity index is 1.38. The van der Waals surface area contributed by atoms with E-state index < -0.39 is 17.9 Å². The minimum atomic E-state index is -0.831. The van der Waals surface area contributed by atoms with Gasteiger partial charge in [-0.25, -0.2) is 14.6 Å². The molecule has 2 aliphatic rings. The van der Waals surface area contributed by atoms with Crippen LogP contribution in [0.3, 0.4) is 0 Å². The zero-order valence-electron chi connectivity index (χ0n) is 26.3. The van der Waals surface area contributed by atoms with Gasteiger partial charge in [0.05, 0.1) is 17.9 Å². The van der Waals surface area contributed by atoms with Crippen molar-refractivity contribution < 1.29 is 24.2 Å². The zero-order chi connectivity index (χ0) is 31.7. The number of aliphatic hydroxyl groups is 1. The van der Waals surface area contributed by atoms with E-state index in [1.54, 1.807) is 6.20 Å². The van der Waals surface area contributed by atoms with Gasteiger partial charge in [-0.15, -0.1) is 0 Å². The van der Waals surface area contributed by atoms with Gasteiger partial charge >= 0.3 is 12.2 Å². The third-order valence-electron chi connectivity index (χ3n) is 7.40. The number of rotatable bonds is 12. The fourth-order valence-corrected chi connectivity index (χ4v) is 4.97. The molecule has 2 aromatic rings. The molecule has 2 amide bonds. The molecule has 1 aromatic heterocycles. The highest BCUT2D eigenvalue weighted by Gasteiger charge is 2.24. The van der Waals surface area contributed by atoms with Gasteiger partial charge in [-0.3, -0.25) is 9.88 Å². The van der Waals surface area contributed by atoms with E-state index in [9.17, 15) is 14.7 Å². The monoisotopic (exact) mass is 606 g/mol. The Bertz CT molecular complexity index is 1350. The van der Waals surface area contributed by atoms with Crippen molar-refractivity contribution in [3.8, 4) is 11.1 Å². The van der Waals surface area contributed by atoms with Crippen LogP contribution in [0.4, 0.5) is 15.3 Å². The summed E-state index contributed by atoms with van der Waals surface area (Å²) in [7, 11) is 0. The quantitative estimate of drug-likeness (QED) is 0.189. The van der Waals surface area contributed by atoms with Crippen LogP contribution in [-0.2, 0) is 16.0 Å². The minimum absolute atomic E-state index is 0.0543. The van der Waals surface area contributed by atoms with Gasteiger partial charge in [0.15, 0.2) is 0 Å². The number of benzene rings is 1. The number of pyridine rings is 1. The number of alkyl carbamates (subject to hydrolysis) is 2. The number of nitrogens with two attached hydrogens (primary N) is 1. The summed E-state index contributed by atoms with van der Waals surface area (Å²) in [5.41, 5.74) is 10.6. The van der Waals surface area contributed by atoms with E-state index in [0.717, 1.165) is 47.9 Å². The normalized spacial score (nSPS) is 15.7. The molecule has 1 atom stereocenters. The van der Waals surface area contributed by atoms with Crippen LogP contribution in [-0.4, -0.2) is 70.6 Å². The van der Waals surface area contributed by atoms with E-state index in [-0.39, 0.29) is 18.7 Å². The first-order chi connectivity index (χ1) is 21.0. The van der Waals surface area contributed by atoms with Crippen LogP contribution in [0, 0.1) is 0 Å². The summed E-state index contributed by atoms with van der Waals surface area (Å²) in [6.07, 6.45) is 6.98. The van der Waals surface area contributed by atoms with Gasteiger partial charge in [-0.1, -0.05) is 25.1 Å². The number of aliphatic hydroxyl groups excluding tert-OH is 1. The molecule has 1 unspecified atom stereocenters. The Morgan fingerprint density at radius 3 is 2.55 bits per heavy atom. The molecule has 238 valence electrons. The number of amides is 2. The summed E-state index contributed by atoms with van der Waals surface area (Å²) < 4.78 is 10.6. The van der Waals surface area contributed by atoms with E-state index in [1.807, 2.05) is 62.1 Å². The smallest absolute Gasteiger partial charge is 0.407 e. The molecule has 1 aliphatic carbocycles. The first-order valence-corrected chi connectivity index (χ1v) is 15.5. The Hall–Kier alpha value is -3.96. The minimum Gasteiger partial charge on any atom is -0.446 e. The first kappa shape index (κ1) is 32.9. The Morgan fingerprint density at radius 2 is 1.89 bits per heavy atom. The van der Waals surface area contributed by atoms with Crippen molar-refractivity contribution in [1.29, 1.82) is 0 Å². The molecule has 44 heavy (non-hydrogen) atoms. The number of carbonyl (C=O) groups excluding carboxylic acids is 2.